The van der Waals surface area contributed by atoms with Crippen LogP contribution in [0.4, 0.5) is 0 Å². The van der Waals surface area contributed by atoms with Gasteiger partial charge in [0.05, 0.1) is 6.10 Å². The minimum absolute atomic E-state index is 0.0537. The maximum atomic E-state index is 12.6. The van der Waals surface area contributed by atoms with Crippen LogP contribution >= 0.6 is 0 Å². The SMILES string of the molecule is O=C(NCC1CN(CC2CCN(CC3CC3)CC2)C(=O)CO1)c1cccn1C1CC1. The van der Waals surface area contributed by atoms with Crippen molar-refractivity contribution in [2.45, 2.75) is 50.7 Å². The smallest absolute Gasteiger partial charge is 0.268 e. The number of aromatic nitrogens is 1. The minimum atomic E-state index is -0.133. The molecular formula is C23H34N4O3. The Hall–Kier alpha value is -1.86. The molecule has 5 rings (SSSR count). The van der Waals surface area contributed by atoms with Gasteiger partial charge in [-0.3, -0.25) is 9.59 Å². The van der Waals surface area contributed by atoms with Crippen LogP contribution in [0.15, 0.2) is 18.3 Å². The molecule has 0 bridgehead atoms. The van der Waals surface area contributed by atoms with E-state index in [2.05, 4.69) is 14.8 Å². The summed E-state index contributed by atoms with van der Waals surface area (Å²) in [5.41, 5.74) is 0.721. The van der Waals surface area contributed by atoms with Crippen LogP contribution in [0.25, 0.3) is 0 Å². The van der Waals surface area contributed by atoms with Gasteiger partial charge < -0.3 is 24.4 Å². The van der Waals surface area contributed by atoms with Crippen LogP contribution in [-0.4, -0.2) is 78.2 Å². The standard InChI is InChI=1S/C23H34N4O3/c28-22-16-30-20(12-24-23(29)21-2-1-9-27(21)19-5-6-19)15-26(22)14-18-7-10-25(11-8-18)13-17-3-4-17/h1-2,9,17-20H,3-8,10-16H2,(H,24,29). The van der Waals surface area contributed by atoms with Crippen molar-refractivity contribution in [2.75, 3.05) is 45.9 Å². The van der Waals surface area contributed by atoms with Crippen molar-refractivity contribution in [2.24, 2.45) is 11.8 Å². The molecule has 0 aromatic carbocycles. The highest BCUT2D eigenvalue weighted by atomic mass is 16.5. The van der Waals surface area contributed by atoms with Crippen LogP contribution in [0.5, 0.6) is 0 Å². The zero-order valence-electron chi connectivity index (χ0n) is 17.8. The number of amides is 2. The fourth-order valence-corrected chi connectivity index (χ4v) is 4.86. The summed E-state index contributed by atoms with van der Waals surface area (Å²) in [5, 5.41) is 3.02. The monoisotopic (exact) mass is 414 g/mol. The number of carbonyl (C=O) groups is 2. The maximum Gasteiger partial charge on any atom is 0.268 e. The summed E-state index contributed by atoms with van der Waals surface area (Å²) in [5.74, 6) is 1.56. The second kappa shape index (κ2) is 8.71. The number of ether oxygens (including phenoxy) is 1. The van der Waals surface area contributed by atoms with Crippen LogP contribution in [-0.2, 0) is 9.53 Å². The van der Waals surface area contributed by atoms with Gasteiger partial charge in [-0.15, -0.1) is 0 Å². The summed E-state index contributed by atoms with van der Waals surface area (Å²) >= 11 is 0. The van der Waals surface area contributed by atoms with Gasteiger partial charge in [-0.2, -0.15) is 0 Å². The number of carbonyl (C=O) groups excluding carboxylic acids is 2. The molecule has 1 aromatic heterocycles. The van der Waals surface area contributed by atoms with Gasteiger partial charge in [0.2, 0.25) is 5.91 Å². The highest BCUT2D eigenvalue weighted by Gasteiger charge is 2.32. The molecule has 3 heterocycles. The van der Waals surface area contributed by atoms with Crippen LogP contribution in [0.1, 0.15) is 55.1 Å². The first kappa shape index (κ1) is 20.1. The predicted octanol–water partition coefficient (Wildman–Crippen LogP) is 1.90. The van der Waals surface area contributed by atoms with Crippen molar-refractivity contribution in [3.8, 4) is 0 Å². The van der Waals surface area contributed by atoms with Crippen molar-refractivity contribution in [1.82, 2.24) is 19.7 Å². The second-order valence-electron chi connectivity index (χ2n) is 9.66. The molecule has 7 heteroatoms. The van der Waals surface area contributed by atoms with Gasteiger partial charge >= 0.3 is 0 Å². The van der Waals surface area contributed by atoms with Gasteiger partial charge in [-0.05, 0) is 75.6 Å². The largest absolute Gasteiger partial charge is 0.365 e. The van der Waals surface area contributed by atoms with E-state index in [0.29, 0.717) is 25.0 Å². The molecule has 2 aliphatic carbocycles. The minimum Gasteiger partial charge on any atom is -0.365 e. The van der Waals surface area contributed by atoms with E-state index in [9.17, 15) is 9.59 Å². The summed E-state index contributed by atoms with van der Waals surface area (Å²) < 4.78 is 7.79. The first-order chi connectivity index (χ1) is 14.7. The number of nitrogens with zero attached hydrogens (tertiary/aromatic N) is 3. The summed E-state index contributed by atoms with van der Waals surface area (Å²) in [6.07, 6.45) is 9.33. The Morgan fingerprint density at radius 2 is 1.83 bits per heavy atom. The molecule has 30 heavy (non-hydrogen) atoms. The maximum absolute atomic E-state index is 12.6. The molecular weight excluding hydrogens is 380 g/mol. The van der Waals surface area contributed by atoms with Gasteiger partial charge in [0.1, 0.15) is 12.3 Å². The van der Waals surface area contributed by atoms with Gasteiger partial charge in [0.25, 0.3) is 5.91 Å². The number of morpholine rings is 1. The Balaban J connectivity index is 1.07. The van der Waals surface area contributed by atoms with Gasteiger partial charge in [0, 0.05) is 38.4 Å². The highest BCUT2D eigenvalue weighted by Crippen LogP contribution is 2.36. The molecule has 0 spiro atoms. The van der Waals surface area contributed by atoms with E-state index >= 15 is 0 Å². The molecule has 1 unspecified atom stereocenters. The van der Waals surface area contributed by atoms with Crippen molar-refractivity contribution >= 4 is 11.8 Å². The average Bonchev–Trinajstić information content (AvgIpc) is 3.70. The van der Waals surface area contributed by atoms with E-state index in [1.807, 2.05) is 23.2 Å². The summed E-state index contributed by atoms with van der Waals surface area (Å²) in [6.45, 7) is 5.58. The lowest BCUT2D eigenvalue weighted by atomic mass is 9.95. The van der Waals surface area contributed by atoms with Crippen LogP contribution in [0, 0.1) is 11.8 Å². The molecule has 2 amide bonds. The summed E-state index contributed by atoms with van der Waals surface area (Å²) in [6, 6.07) is 4.29. The lowest BCUT2D eigenvalue weighted by Gasteiger charge is -2.38. The van der Waals surface area contributed by atoms with E-state index in [1.54, 1.807) is 0 Å². The normalized spacial score (nSPS) is 26.2. The first-order valence-corrected chi connectivity index (χ1v) is 11.7. The number of nitrogens with one attached hydrogen (secondary N) is 1. The number of rotatable bonds is 8. The molecule has 1 N–H and O–H groups in total. The number of hydrogen-bond acceptors (Lipinski definition) is 4. The Morgan fingerprint density at radius 3 is 2.57 bits per heavy atom. The molecule has 7 nitrogen and oxygen atoms in total. The molecule has 2 aliphatic heterocycles. The number of piperidine rings is 1. The Bertz CT molecular complexity index is 762. The zero-order valence-corrected chi connectivity index (χ0v) is 17.8. The first-order valence-electron chi connectivity index (χ1n) is 11.7. The van der Waals surface area contributed by atoms with E-state index in [4.69, 9.17) is 4.74 Å². The summed E-state index contributed by atoms with van der Waals surface area (Å²) in [4.78, 5) is 29.6. The lowest BCUT2D eigenvalue weighted by Crippen LogP contribution is -2.52. The molecule has 0 radical (unpaired) electrons. The zero-order chi connectivity index (χ0) is 20.5. The van der Waals surface area contributed by atoms with E-state index in [-0.39, 0.29) is 24.5 Å². The fraction of sp³-hybridized carbons (Fsp3) is 0.739. The van der Waals surface area contributed by atoms with Gasteiger partial charge in [0.15, 0.2) is 0 Å². The number of hydrogen-bond donors (Lipinski definition) is 1. The molecule has 1 aromatic rings. The van der Waals surface area contributed by atoms with Crippen LogP contribution in [0.2, 0.25) is 0 Å². The average molecular weight is 415 g/mol. The fourth-order valence-electron chi connectivity index (χ4n) is 4.86. The van der Waals surface area contributed by atoms with E-state index in [0.717, 1.165) is 31.0 Å². The molecule has 2 saturated carbocycles. The molecule has 4 aliphatic rings. The third-order valence-corrected chi connectivity index (χ3v) is 7.06. The lowest BCUT2D eigenvalue weighted by molar-refractivity contribution is -0.149. The highest BCUT2D eigenvalue weighted by molar-refractivity contribution is 5.92. The van der Waals surface area contributed by atoms with Crippen molar-refractivity contribution in [3.05, 3.63) is 24.0 Å². The Kier molecular flexibility index (Phi) is 5.83. The van der Waals surface area contributed by atoms with E-state index < -0.39 is 0 Å². The second-order valence-corrected chi connectivity index (χ2v) is 9.66. The van der Waals surface area contributed by atoms with E-state index in [1.165, 1.54) is 45.3 Å². The van der Waals surface area contributed by atoms with Gasteiger partial charge in [-0.1, -0.05) is 0 Å². The van der Waals surface area contributed by atoms with Crippen molar-refractivity contribution < 1.29 is 14.3 Å². The molecule has 164 valence electrons. The Morgan fingerprint density at radius 1 is 1.07 bits per heavy atom. The van der Waals surface area contributed by atoms with Crippen molar-refractivity contribution in [3.63, 3.8) is 0 Å². The van der Waals surface area contributed by atoms with Crippen molar-refractivity contribution in [1.29, 1.82) is 0 Å². The summed E-state index contributed by atoms with van der Waals surface area (Å²) in [7, 11) is 0. The van der Waals surface area contributed by atoms with Crippen LogP contribution < -0.4 is 5.32 Å². The topological polar surface area (TPSA) is 66.8 Å². The Labute approximate surface area is 178 Å². The van der Waals surface area contributed by atoms with Gasteiger partial charge in [-0.25, -0.2) is 0 Å². The number of likely N-dealkylation sites (tertiary alicyclic amines) is 1. The van der Waals surface area contributed by atoms with Crippen LogP contribution in [0.3, 0.4) is 0 Å². The third-order valence-electron chi connectivity index (χ3n) is 7.06. The molecule has 2 saturated heterocycles. The predicted molar refractivity (Wildman–Crippen MR) is 113 cm³/mol. The quantitative estimate of drug-likeness (QED) is 0.706. The molecule has 4 fully saturated rings. The third kappa shape index (κ3) is 4.89. The molecule has 1 atom stereocenters.